The molecule has 5 nitrogen and oxygen atoms in total. The zero-order valence-electron chi connectivity index (χ0n) is 11.5. The van der Waals surface area contributed by atoms with Crippen molar-refractivity contribution in [1.29, 1.82) is 0 Å². The van der Waals surface area contributed by atoms with Gasteiger partial charge < -0.3 is 0 Å². The van der Waals surface area contributed by atoms with Gasteiger partial charge in [0.2, 0.25) is 10.0 Å². The third-order valence-corrected chi connectivity index (χ3v) is 4.70. The van der Waals surface area contributed by atoms with Crippen LogP contribution in [0.25, 0.3) is 0 Å². The zero-order valence-corrected chi connectivity index (χ0v) is 12.3. The molecule has 1 aromatic heterocycles. The summed E-state index contributed by atoms with van der Waals surface area (Å²) in [7, 11) is -3.78. The lowest BCUT2D eigenvalue weighted by Gasteiger charge is -2.14. The summed E-state index contributed by atoms with van der Waals surface area (Å²) in [5.41, 5.74) is 0.253. The minimum absolute atomic E-state index is 0.0170. The molecule has 0 radical (unpaired) electrons. The van der Waals surface area contributed by atoms with Crippen molar-refractivity contribution in [2.24, 2.45) is 0 Å². The summed E-state index contributed by atoms with van der Waals surface area (Å²) in [6.07, 6.45) is 1.10. The predicted molar refractivity (Wildman–Crippen MR) is 73.2 cm³/mol. The molecule has 2 rings (SSSR count). The minimum Gasteiger partial charge on any atom is -0.281 e. The number of nitrogens with zero attached hydrogens (tertiary/aromatic N) is 1. The highest BCUT2D eigenvalue weighted by molar-refractivity contribution is 7.89. The van der Waals surface area contributed by atoms with E-state index >= 15 is 0 Å². The summed E-state index contributed by atoms with van der Waals surface area (Å²) >= 11 is 0. The highest BCUT2D eigenvalue weighted by atomic mass is 32.2. The van der Waals surface area contributed by atoms with E-state index in [1.54, 1.807) is 13.8 Å². The van der Waals surface area contributed by atoms with E-state index in [2.05, 4.69) is 14.9 Å². The van der Waals surface area contributed by atoms with Crippen molar-refractivity contribution in [1.82, 2.24) is 14.9 Å². The molecule has 21 heavy (non-hydrogen) atoms. The van der Waals surface area contributed by atoms with Crippen LogP contribution in [0.4, 0.5) is 8.78 Å². The SMILES string of the molecule is Cc1[nH]ncc1S(=O)(=O)NC(C)Cc1c(F)cccc1F. The molecule has 8 heteroatoms. The van der Waals surface area contributed by atoms with Crippen molar-refractivity contribution in [2.75, 3.05) is 0 Å². The van der Waals surface area contributed by atoms with Crippen LogP contribution in [0.15, 0.2) is 29.3 Å². The molecule has 114 valence electrons. The van der Waals surface area contributed by atoms with Gasteiger partial charge in [0.15, 0.2) is 0 Å². The van der Waals surface area contributed by atoms with Crippen molar-refractivity contribution in [3.63, 3.8) is 0 Å². The van der Waals surface area contributed by atoms with Crippen LogP contribution in [0.3, 0.4) is 0 Å². The standard InChI is InChI=1S/C13H15F2N3O2S/c1-8(6-10-11(14)4-3-5-12(10)15)18-21(19,20)13-7-16-17-9(13)2/h3-5,7-8,18H,6H2,1-2H3,(H,16,17). The van der Waals surface area contributed by atoms with E-state index in [0.717, 1.165) is 12.1 Å². The normalized spacial score (nSPS) is 13.3. The summed E-state index contributed by atoms with van der Waals surface area (Å²) in [6, 6.07) is 2.87. The second kappa shape index (κ2) is 5.90. The lowest BCUT2D eigenvalue weighted by molar-refractivity contribution is 0.522. The topological polar surface area (TPSA) is 74.8 Å². The highest BCUT2D eigenvalue weighted by Gasteiger charge is 2.22. The Morgan fingerprint density at radius 3 is 2.48 bits per heavy atom. The maximum absolute atomic E-state index is 13.5. The predicted octanol–water partition coefficient (Wildman–Crippen LogP) is 1.91. The molecule has 1 unspecified atom stereocenters. The van der Waals surface area contributed by atoms with Gasteiger partial charge in [0.25, 0.3) is 0 Å². The Kier molecular flexibility index (Phi) is 4.38. The van der Waals surface area contributed by atoms with Crippen molar-refractivity contribution < 1.29 is 17.2 Å². The van der Waals surface area contributed by atoms with Crippen LogP contribution in [-0.2, 0) is 16.4 Å². The second-order valence-electron chi connectivity index (χ2n) is 4.79. The van der Waals surface area contributed by atoms with Gasteiger partial charge in [0, 0.05) is 11.6 Å². The minimum atomic E-state index is -3.78. The summed E-state index contributed by atoms with van der Waals surface area (Å²) in [6.45, 7) is 3.11. The maximum atomic E-state index is 13.5. The summed E-state index contributed by atoms with van der Waals surface area (Å²) in [5.74, 6) is -1.39. The fourth-order valence-electron chi connectivity index (χ4n) is 2.01. The molecule has 0 saturated heterocycles. The van der Waals surface area contributed by atoms with Gasteiger partial charge in [-0.3, -0.25) is 5.10 Å². The number of aromatic amines is 1. The Morgan fingerprint density at radius 1 is 1.33 bits per heavy atom. The van der Waals surface area contributed by atoms with E-state index < -0.39 is 27.7 Å². The fourth-order valence-corrected chi connectivity index (χ4v) is 3.39. The molecule has 0 bridgehead atoms. The van der Waals surface area contributed by atoms with E-state index in [0.29, 0.717) is 5.69 Å². The molecule has 1 atom stereocenters. The molecule has 1 heterocycles. The van der Waals surface area contributed by atoms with Gasteiger partial charge in [-0.2, -0.15) is 5.10 Å². The van der Waals surface area contributed by atoms with Crippen molar-refractivity contribution in [3.05, 3.63) is 47.3 Å². The molecule has 1 aromatic carbocycles. The Balaban J connectivity index is 2.16. The van der Waals surface area contributed by atoms with Crippen molar-refractivity contribution in [2.45, 2.75) is 31.2 Å². The van der Waals surface area contributed by atoms with E-state index in [-0.39, 0.29) is 16.9 Å². The van der Waals surface area contributed by atoms with Crippen LogP contribution < -0.4 is 4.72 Å². The number of hydrogen-bond acceptors (Lipinski definition) is 3. The van der Waals surface area contributed by atoms with E-state index in [4.69, 9.17) is 0 Å². The van der Waals surface area contributed by atoms with Gasteiger partial charge >= 0.3 is 0 Å². The third kappa shape index (κ3) is 3.45. The molecular formula is C13H15F2N3O2S. The number of benzene rings is 1. The van der Waals surface area contributed by atoms with Crippen LogP contribution in [0, 0.1) is 18.6 Å². The molecule has 2 aromatic rings. The van der Waals surface area contributed by atoms with Crippen LogP contribution in [0.5, 0.6) is 0 Å². The van der Waals surface area contributed by atoms with Gasteiger partial charge in [-0.1, -0.05) is 6.07 Å². The molecule has 0 saturated carbocycles. The fraction of sp³-hybridized carbons (Fsp3) is 0.308. The van der Waals surface area contributed by atoms with E-state index in [1.807, 2.05) is 0 Å². The van der Waals surface area contributed by atoms with Gasteiger partial charge in [-0.05, 0) is 32.4 Å². The van der Waals surface area contributed by atoms with Crippen LogP contribution in [0.2, 0.25) is 0 Å². The van der Waals surface area contributed by atoms with Crippen molar-refractivity contribution >= 4 is 10.0 Å². The maximum Gasteiger partial charge on any atom is 0.244 e. The first kappa shape index (κ1) is 15.6. The smallest absolute Gasteiger partial charge is 0.244 e. The first-order chi connectivity index (χ1) is 9.81. The second-order valence-corrected chi connectivity index (χ2v) is 6.47. The molecule has 0 fully saturated rings. The molecular weight excluding hydrogens is 300 g/mol. The number of H-pyrrole nitrogens is 1. The average Bonchev–Trinajstić information content (AvgIpc) is 2.80. The molecule has 0 aliphatic carbocycles. The Labute approximate surface area is 121 Å². The molecule has 0 aliphatic heterocycles. The van der Waals surface area contributed by atoms with Crippen molar-refractivity contribution in [3.8, 4) is 0 Å². The van der Waals surface area contributed by atoms with Crippen LogP contribution in [-0.4, -0.2) is 24.7 Å². The molecule has 0 aliphatic rings. The highest BCUT2D eigenvalue weighted by Crippen LogP contribution is 2.16. The van der Waals surface area contributed by atoms with Gasteiger partial charge in [0.05, 0.1) is 11.9 Å². The average molecular weight is 315 g/mol. The molecule has 0 spiro atoms. The van der Waals surface area contributed by atoms with Gasteiger partial charge in [0.1, 0.15) is 16.5 Å². The van der Waals surface area contributed by atoms with Gasteiger partial charge in [-0.15, -0.1) is 0 Å². The summed E-state index contributed by atoms with van der Waals surface area (Å²) in [4.78, 5) is 0.0170. The lowest BCUT2D eigenvalue weighted by Crippen LogP contribution is -2.34. The number of nitrogens with one attached hydrogen (secondary N) is 2. The number of halogens is 2. The summed E-state index contributed by atoms with van der Waals surface area (Å²) in [5, 5.41) is 6.17. The number of aryl methyl sites for hydroxylation is 1. The van der Waals surface area contributed by atoms with Crippen LogP contribution in [0.1, 0.15) is 18.2 Å². The number of rotatable bonds is 5. The third-order valence-electron chi connectivity index (χ3n) is 3.00. The quantitative estimate of drug-likeness (QED) is 0.885. The van der Waals surface area contributed by atoms with Gasteiger partial charge in [-0.25, -0.2) is 21.9 Å². The molecule has 2 N–H and O–H groups in total. The van der Waals surface area contributed by atoms with E-state index in [9.17, 15) is 17.2 Å². The number of sulfonamides is 1. The Morgan fingerprint density at radius 2 is 1.95 bits per heavy atom. The zero-order chi connectivity index (χ0) is 15.6. The molecule has 0 amide bonds. The first-order valence-electron chi connectivity index (χ1n) is 6.26. The Bertz CT molecular complexity index is 723. The van der Waals surface area contributed by atoms with Crippen LogP contribution >= 0.6 is 0 Å². The summed E-state index contributed by atoms with van der Waals surface area (Å²) < 4.78 is 53.7. The first-order valence-corrected chi connectivity index (χ1v) is 7.75. The monoisotopic (exact) mass is 315 g/mol. The number of hydrogen-bond donors (Lipinski definition) is 2. The Hall–Kier alpha value is -1.80. The lowest BCUT2D eigenvalue weighted by atomic mass is 10.1. The van der Waals surface area contributed by atoms with E-state index in [1.165, 1.54) is 12.3 Å². The largest absolute Gasteiger partial charge is 0.281 e. The number of aromatic nitrogens is 2.